The highest BCUT2D eigenvalue weighted by Crippen LogP contribution is 2.48. The largest absolute Gasteiger partial charge is 0.436 e. The number of fused-ring (bicyclic) bond motifs is 3. The van der Waals surface area contributed by atoms with Crippen molar-refractivity contribution in [1.29, 1.82) is 0 Å². The van der Waals surface area contributed by atoms with E-state index in [0.717, 1.165) is 50.0 Å². The van der Waals surface area contributed by atoms with Gasteiger partial charge in [-0.15, -0.1) is 0 Å². The lowest BCUT2D eigenvalue weighted by atomic mass is 9.85. The van der Waals surface area contributed by atoms with Gasteiger partial charge in [0.2, 0.25) is 17.7 Å². The summed E-state index contributed by atoms with van der Waals surface area (Å²) in [5, 5.41) is 22.5. The Morgan fingerprint density at radius 1 is 0.207 bits per heavy atom. The van der Waals surface area contributed by atoms with E-state index in [1.165, 1.54) is 164 Å². The number of hydrogen-bond acceptors (Lipinski definition) is 6. The summed E-state index contributed by atoms with van der Waals surface area (Å²) >= 11 is 0. The Hall–Kier alpha value is -12.5. The van der Waals surface area contributed by atoms with Crippen molar-refractivity contribution in [3.8, 4) is 67.7 Å². The van der Waals surface area contributed by atoms with Gasteiger partial charge in [-0.25, -0.2) is 15.0 Å². The Kier molecular flexibility index (Phi) is 15.9. The van der Waals surface area contributed by atoms with Crippen LogP contribution in [0, 0.1) is 13.8 Å². The van der Waals surface area contributed by atoms with Gasteiger partial charge in [0.05, 0.1) is 0 Å². The van der Waals surface area contributed by atoms with Crippen LogP contribution >= 0.6 is 0 Å². The van der Waals surface area contributed by atoms with Crippen molar-refractivity contribution < 1.29 is 13.3 Å². The predicted molar refractivity (Wildman–Crippen MR) is 470 cm³/mol. The highest BCUT2D eigenvalue weighted by atomic mass is 16.4. The van der Waals surface area contributed by atoms with Gasteiger partial charge in [0.1, 0.15) is 16.6 Å². The molecule has 0 N–H and O–H groups in total. The first-order valence-corrected chi connectivity index (χ1v) is 38.9. The number of oxazole rings is 3. The van der Waals surface area contributed by atoms with E-state index in [1.54, 1.807) is 0 Å². The average molecular weight is 1440 g/mol. The predicted octanol–water partition coefficient (Wildman–Crippen LogP) is 30.0. The summed E-state index contributed by atoms with van der Waals surface area (Å²) in [6.07, 6.45) is 0. The van der Waals surface area contributed by atoms with Crippen LogP contribution in [0.4, 0.5) is 0 Å². The van der Waals surface area contributed by atoms with Crippen molar-refractivity contribution in [3.63, 3.8) is 0 Å². The lowest BCUT2D eigenvalue weighted by Gasteiger charge is -2.20. The molecule has 0 fully saturated rings. The van der Waals surface area contributed by atoms with E-state index in [0.29, 0.717) is 17.7 Å². The summed E-state index contributed by atoms with van der Waals surface area (Å²) in [4.78, 5) is 14.7. The van der Waals surface area contributed by atoms with Gasteiger partial charge in [-0.2, -0.15) is 0 Å². The molecule has 0 spiro atoms. The molecule has 21 rings (SSSR count). The van der Waals surface area contributed by atoms with Gasteiger partial charge in [0.25, 0.3) is 0 Å². The highest BCUT2D eigenvalue weighted by molar-refractivity contribution is 6.30. The van der Waals surface area contributed by atoms with E-state index in [1.807, 2.05) is 12.1 Å². The second-order valence-corrected chi connectivity index (χ2v) is 34.9. The maximum Gasteiger partial charge on any atom is 0.227 e. The molecule has 0 radical (unpaired) electrons. The van der Waals surface area contributed by atoms with Gasteiger partial charge in [-0.1, -0.05) is 301 Å². The van der Waals surface area contributed by atoms with Crippen LogP contribution in [0.15, 0.2) is 286 Å². The molecule has 6 nitrogen and oxygen atoms in total. The van der Waals surface area contributed by atoms with Gasteiger partial charge in [-0.05, 0) is 254 Å². The zero-order valence-corrected chi connectivity index (χ0v) is 65.5. The lowest BCUT2D eigenvalue weighted by Crippen LogP contribution is -2.10. The number of rotatable bonds is 6. The normalized spacial score (nSPS) is 12.6. The van der Waals surface area contributed by atoms with Crippen LogP contribution in [-0.4, -0.2) is 15.0 Å². The minimum Gasteiger partial charge on any atom is -0.436 e. The molecular weight excluding hydrogens is 1350 g/mol. The molecule has 0 amide bonds. The summed E-state index contributed by atoms with van der Waals surface area (Å²) in [5.74, 6) is 2.02. The van der Waals surface area contributed by atoms with E-state index < -0.39 is 0 Å². The molecule has 111 heavy (non-hydrogen) atoms. The second-order valence-electron chi connectivity index (χ2n) is 34.9. The molecule has 0 bridgehead atoms. The van der Waals surface area contributed by atoms with Crippen molar-refractivity contribution in [2.24, 2.45) is 0 Å². The molecule has 0 saturated heterocycles. The number of benzene rings is 18. The topological polar surface area (TPSA) is 78.1 Å². The third-order valence-electron chi connectivity index (χ3n) is 23.2. The maximum atomic E-state index is 6.33. The summed E-state index contributed by atoms with van der Waals surface area (Å²) in [5.41, 5.74) is 23.9. The number of aryl methyl sites for hydroxylation is 2. The molecular formula is C105H87N3O3. The molecule has 18 aromatic carbocycles. The van der Waals surface area contributed by atoms with Crippen LogP contribution in [0.25, 0.3) is 198 Å². The zero-order valence-electron chi connectivity index (χ0n) is 65.5. The van der Waals surface area contributed by atoms with E-state index >= 15 is 0 Å². The summed E-state index contributed by atoms with van der Waals surface area (Å²) in [6.45, 7) is 31.2. The van der Waals surface area contributed by atoms with Crippen molar-refractivity contribution in [2.45, 2.75) is 119 Å². The van der Waals surface area contributed by atoms with E-state index in [4.69, 9.17) is 28.2 Å². The molecule has 0 atom stereocenters. The Morgan fingerprint density at radius 3 is 0.793 bits per heavy atom. The number of aromatic nitrogens is 3. The van der Waals surface area contributed by atoms with E-state index in [9.17, 15) is 0 Å². The van der Waals surface area contributed by atoms with E-state index in [2.05, 4.69) is 358 Å². The molecule has 21 aromatic rings. The fraction of sp³-hybridized carbons (Fsp3) is 0.171. The number of nitrogens with zero attached hydrogens (tertiary/aromatic N) is 3. The Morgan fingerprint density at radius 2 is 0.459 bits per heavy atom. The minimum atomic E-state index is 0.0606. The zero-order chi connectivity index (χ0) is 76.3. The molecule has 3 heterocycles. The Bertz CT molecular complexity index is 6930. The van der Waals surface area contributed by atoms with Crippen LogP contribution in [-0.2, 0) is 21.7 Å². The average Bonchev–Trinajstić information content (AvgIpc) is 1.36. The van der Waals surface area contributed by atoms with Gasteiger partial charge < -0.3 is 13.3 Å². The Labute approximate surface area is 647 Å². The van der Waals surface area contributed by atoms with Crippen LogP contribution in [0.2, 0.25) is 0 Å². The van der Waals surface area contributed by atoms with Gasteiger partial charge >= 0.3 is 0 Å². The van der Waals surface area contributed by atoms with Crippen molar-refractivity contribution in [2.75, 3.05) is 0 Å². The second kappa shape index (κ2) is 25.5. The monoisotopic (exact) mass is 1440 g/mol. The third-order valence-corrected chi connectivity index (χ3v) is 23.2. The van der Waals surface area contributed by atoms with Gasteiger partial charge in [0, 0.05) is 16.7 Å². The molecule has 0 saturated carbocycles. The van der Waals surface area contributed by atoms with Gasteiger partial charge in [-0.3, -0.25) is 0 Å². The SMILES string of the molecule is CC(C)(C)c1ccc(-c2ccc3ccc4c(-c5nc6cc(C(C)(C)C)ccc6o5)ccc5ccc2c3c54)cc1.Cc1ccc2nc(-c3ccc4ccc5c(-c6ccc(C(C)(C)C)cc6)ccc6ccc3c4c65)oc2c1.Cc1ccc2oc(-c3ccc4ccc5c(-c6ccc(C(C)(C)C)cc6)ccc6ccc3c4c65)nc2c1. The smallest absolute Gasteiger partial charge is 0.227 e. The van der Waals surface area contributed by atoms with Crippen LogP contribution < -0.4 is 0 Å². The molecule has 3 aromatic heterocycles. The first-order chi connectivity index (χ1) is 53.3. The van der Waals surface area contributed by atoms with Crippen LogP contribution in [0.3, 0.4) is 0 Å². The highest BCUT2D eigenvalue weighted by Gasteiger charge is 2.25. The summed E-state index contributed by atoms with van der Waals surface area (Å²) in [7, 11) is 0. The standard InChI is InChI=1S/C37H33NO.2C34H27NO/c1-36(2,3)25-13-7-22(8-14-25)27-16-9-23-11-18-29-30(19-12-24-10-17-28(27)33(23)34(24)29)35-38-31-21-26(37(4,5)6)15-20-32(31)39-35;1-20-5-18-30-29(19-20)35-33(36-30)28-17-11-23-9-15-26-25(21-6-12-24(13-7-21)34(2,3)4)14-8-22-10-16-27(28)32(23)31(22)26;1-20-5-18-29-30(19-20)36-33(35-29)28-17-11-23-9-15-26-25(21-6-12-24(13-7-21)34(2,3)4)14-8-22-10-16-27(28)32(23)31(22)26/h7-21H,1-6H3;2*5-19H,1-4H3. The van der Waals surface area contributed by atoms with Gasteiger partial charge in [0.15, 0.2) is 16.7 Å². The molecule has 6 heteroatoms. The molecule has 540 valence electrons. The maximum absolute atomic E-state index is 6.33. The van der Waals surface area contributed by atoms with Crippen molar-refractivity contribution >= 4 is 130 Å². The fourth-order valence-corrected chi connectivity index (χ4v) is 17.0. The molecule has 0 aliphatic heterocycles. The fourth-order valence-electron chi connectivity index (χ4n) is 17.0. The molecule has 0 aliphatic carbocycles. The lowest BCUT2D eigenvalue weighted by molar-refractivity contribution is 0.589. The number of hydrogen-bond donors (Lipinski definition) is 0. The first kappa shape index (κ1) is 69.0. The molecule has 0 aliphatic rings. The summed E-state index contributed by atoms with van der Waals surface area (Å²) < 4.78 is 18.8. The summed E-state index contributed by atoms with van der Waals surface area (Å²) in [6, 6.07) is 99.4. The van der Waals surface area contributed by atoms with Crippen molar-refractivity contribution in [3.05, 3.63) is 306 Å². The third kappa shape index (κ3) is 12.0. The van der Waals surface area contributed by atoms with E-state index in [-0.39, 0.29) is 21.7 Å². The minimum absolute atomic E-state index is 0.0606. The van der Waals surface area contributed by atoms with Crippen LogP contribution in [0.5, 0.6) is 0 Å². The quantitative estimate of drug-likeness (QED) is 0.154. The van der Waals surface area contributed by atoms with Crippen molar-refractivity contribution in [1.82, 2.24) is 15.0 Å². The Balaban J connectivity index is 0.000000113. The first-order valence-electron chi connectivity index (χ1n) is 38.9. The van der Waals surface area contributed by atoms with Crippen LogP contribution in [0.1, 0.15) is 116 Å². The molecule has 0 unspecified atom stereocenters.